The molecule has 0 bridgehead atoms. The van der Waals surface area contributed by atoms with Crippen molar-refractivity contribution in [2.24, 2.45) is 5.73 Å². The lowest BCUT2D eigenvalue weighted by Crippen LogP contribution is -2.14. The van der Waals surface area contributed by atoms with E-state index in [2.05, 4.69) is 15.9 Å². The first-order valence-electron chi connectivity index (χ1n) is 6.52. The fraction of sp³-hybridized carbons (Fsp3) is 0.250. The topological polar surface area (TPSA) is 35.2 Å². The Labute approximate surface area is 126 Å². The van der Waals surface area contributed by atoms with Gasteiger partial charge in [-0.1, -0.05) is 34.1 Å². The van der Waals surface area contributed by atoms with Crippen LogP contribution in [0.4, 0.5) is 4.39 Å². The first-order valence-corrected chi connectivity index (χ1v) is 7.31. The zero-order chi connectivity index (χ0) is 14.5. The van der Waals surface area contributed by atoms with Crippen molar-refractivity contribution in [2.45, 2.75) is 19.4 Å². The van der Waals surface area contributed by atoms with E-state index in [4.69, 9.17) is 10.5 Å². The zero-order valence-electron chi connectivity index (χ0n) is 11.3. The first kappa shape index (κ1) is 15.0. The number of ether oxygens (including phenoxy) is 1. The van der Waals surface area contributed by atoms with Gasteiger partial charge in [0.05, 0.1) is 6.61 Å². The molecule has 1 unspecified atom stereocenters. The fourth-order valence-corrected chi connectivity index (χ4v) is 2.35. The highest BCUT2D eigenvalue weighted by molar-refractivity contribution is 9.10. The molecule has 0 fully saturated rings. The third-order valence-electron chi connectivity index (χ3n) is 3.07. The second-order valence-electron chi connectivity index (χ2n) is 4.55. The van der Waals surface area contributed by atoms with Gasteiger partial charge in [-0.25, -0.2) is 4.39 Å². The number of halogens is 2. The van der Waals surface area contributed by atoms with Gasteiger partial charge in [0.15, 0.2) is 0 Å². The molecule has 106 valence electrons. The summed E-state index contributed by atoms with van der Waals surface area (Å²) in [5.74, 6) is 0.582. The molecule has 0 aliphatic carbocycles. The number of nitrogens with two attached hydrogens (primary N) is 1. The lowest BCUT2D eigenvalue weighted by atomic mass is 9.99. The smallest absolute Gasteiger partial charge is 0.127 e. The Morgan fingerprint density at radius 2 is 1.90 bits per heavy atom. The van der Waals surface area contributed by atoms with E-state index in [1.54, 1.807) is 6.07 Å². The molecule has 0 saturated carbocycles. The minimum Gasteiger partial charge on any atom is -0.494 e. The van der Waals surface area contributed by atoms with Gasteiger partial charge in [0, 0.05) is 10.5 Å². The van der Waals surface area contributed by atoms with Gasteiger partial charge in [0.2, 0.25) is 0 Å². The molecule has 0 aliphatic rings. The SMILES string of the molecule is CCOc1ccc(C(N)Cc2ccc(Br)cc2F)cc1. The van der Waals surface area contributed by atoms with E-state index in [1.807, 2.05) is 37.3 Å². The highest BCUT2D eigenvalue weighted by Crippen LogP contribution is 2.22. The van der Waals surface area contributed by atoms with Gasteiger partial charge in [0.1, 0.15) is 11.6 Å². The molecule has 0 saturated heterocycles. The third-order valence-corrected chi connectivity index (χ3v) is 3.57. The average Bonchev–Trinajstić information content (AvgIpc) is 2.43. The summed E-state index contributed by atoms with van der Waals surface area (Å²) < 4.78 is 19.9. The van der Waals surface area contributed by atoms with E-state index in [0.717, 1.165) is 15.8 Å². The Kier molecular flexibility index (Phi) is 5.15. The summed E-state index contributed by atoms with van der Waals surface area (Å²) in [6.45, 7) is 2.57. The lowest BCUT2D eigenvalue weighted by Gasteiger charge is -2.13. The predicted octanol–water partition coefficient (Wildman–Crippen LogP) is 4.23. The molecule has 0 aliphatic heterocycles. The molecule has 20 heavy (non-hydrogen) atoms. The van der Waals surface area contributed by atoms with Crippen LogP contribution >= 0.6 is 15.9 Å². The van der Waals surface area contributed by atoms with Crippen LogP contribution in [0.5, 0.6) is 5.75 Å². The van der Waals surface area contributed by atoms with Crippen molar-refractivity contribution in [1.82, 2.24) is 0 Å². The van der Waals surface area contributed by atoms with Gasteiger partial charge in [-0.05, 0) is 48.7 Å². The maximum Gasteiger partial charge on any atom is 0.127 e. The quantitative estimate of drug-likeness (QED) is 0.886. The molecule has 2 aromatic carbocycles. The number of hydrogen-bond acceptors (Lipinski definition) is 2. The second kappa shape index (κ2) is 6.86. The molecule has 0 heterocycles. The molecule has 0 amide bonds. The van der Waals surface area contributed by atoms with Crippen molar-refractivity contribution >= 4 is 15.9 Å². The van der Waals surface area contributed by atoms with Gasteiger partial charge in [-0.15, -0.1) is 0 Å². The van der Waals surface area contributed by atoms with Crippen molar-refractivity contribution in [3.63, 3.8) is 0 Å². The summed E-state index contributed by atoms with van der Waals surface area (Å²) in [7, 11) is 0. The summed E-state index contributed by atoms with van der Waals surface area (Å²) in [5.41, 5.74) is 7.73. The van der Waals surface area contributed by atoms with Crippen LogP contribution < -0.4 is 10.5 Å². The van der Waals surface area contributed by atoms with E-state index in [-0.39, 0.29) is 11.9 Å². The summed E-state index contributed by atoms with van der Waals surface area (Å²) >= 11 is 3.24. The molecule has 4 heteroatoms. The molecule has 0 spiro atoms. The fourth-order valence-electron chi connectivity index (χ4n) is 2.02. The standard InChI is InChI=1S/C16H17BrFNO/c1-2-20-14-7-4-11(5-8-14)16(19)9-12-3-6-13(17)10-15(12)18/h3-8,10,16H,2,9,19H2,1H3. The molecule has 2 aromatic rings. The lowest BCUT2D eigenvalue weighted by molar-refractivity contribution is 0.340. The van der Waals surface area contributed by atoms with Crippen LogP contribution in [-0.4, -0.2) is 6.61 Å². The summed E-state index contributed by atoms with van der Waals surface area (Å²) in [6, 6.07) is 12.4. The van der Waals surface area contributed by atoms with Crippen molar-refractivity contribution < 1.29 is 9.13 Å². The van der Waals surface area contributed by atoms with E-state index in [1.165, 1.54) is 6.07 Å². The maximum atomic E-state index is 13.8. The van der Waals surface area contributed by atoms with Gasteiger partial charge in [0.25, 0.3) is 0 Å². The van der Waals surface area contributed by atoms with Gasteiger partial charge in [-0.2, -0.15) is 0 Å². The van der Waals surface area contributed by atoms with Crippen LogP contribution in [0.1, 0.15) is 24.1 Å². The van der Waals surface area contributed by atoms with Gasteiger partial charge < -0.3 is 10.5 Å². The minimum atomic E-state index is -0.235. The Morgan fingerprint density at radius 1 is 1.20 bits per heavy atom. The van der Waals surface area contributed by atoms with Crippen molar-refractivity contribution in [3.05, 3.63) is 63.9 Å². The van der Waals surface area contributed by atoms with Crippen LogP contribution in [0, 0.1) is 5.82 Å². The van der Waals surface area contributed by atoms with Gasteiger partial charge >= 0.3 is 0 Å². The minimum absolute atomic E-state index is 0.235. The number of hydrogen-bond donors (Lipinski definition) is 1. The number of rotatable bonds is 5. The Hall–Kier alpha value is -1.39. The van der Waals surface area contributed by atoms with E-state index < -0.39 is 0 Å². The Morgan fingerprint density at radius 3 is 2.50 bits per heavy atom. The normalized spacial score (nSPS) is 12.2. The molecule has 1 atom stereocenters. The Balaban J connectivity index is 2.09. The number of benzene rings is 2. The van der Waals surface area contributed by atoms with Crippen LogP contribution in [0.3, 0.4) is 0 Å². The molecular formula is C16H17BrFNO. The van der Waals surface area contributed by atoms with E-state index >= 15 is 0 Å². The zero-order valence-corrected chi connectivity index (χ0v) is 12.9. The van der Waals surface area contributed by atoms with Crippen LogP contribution in [0.15, 0.2) is 46.9 Å². The molecule has 0 aromatic heterocycles. The van der Waals surface area contributed by atoms with Gasteiger partial charge in [-0.3, -0.25) is 0 Å². The monoisotopic (exact) mass is 337 g/mol. The van der Waals surface area contributed by atoms with Crippen LogP contribution in [0.25, 0.3) is 0 Å². The van der Waals surface area contributed by atoms with Crippen molar-refractivity contribution in [3.8, 4) is 5.75 Å². The van der Waals surface area contributed by atoms with E-state index in [9.17, 15) is 4.39 Å². The first-order chi connectivity index (χ1) is 9.60. The molecule has 2 nitrogen and oxygen atoms in total. The molecule has 2 N–H and O–H groups in total. The van der Waals surface area contributed by atoms with Crippen molar-refractivity contribution in [2.75, 3.05) is 6.61 Å². The van der Waals surface area contributed by atoms with Crippen LogP contribution in [0.2, 0.25) is 0 Å². The largest absolute Gasteiger partial charge is 0.494 e. The molecule has 2 rings (SSSR count). The Bertz CT molecular complexity index is 571. The average molecular weight is 338 g/mol. The highest BCUT2D eigenvalue weighted by atomic mass is 79.9. The molecular weight excluding hydrogens is 321 g/mol. The highest BCUT2D eigenvalue weighted by Gasteiger charge is 2.11. The maximum absolute atomic E-state index is 13.8. The van der Waals surface area contributed by atoms with Crippen LogP contribution in [-0.2, 0) is 6.42 Å². The summed E-state index contributed by atoms with van der Waals surface area (Å²) in [5, 5.41) is 0. The summed E-state index contributed by atoms with van der Waals surface area (Å²) in [4.78, 5) is 0. The predicted molar refractivity (Wildman–Crippen MR) is 82.3 cm³/mol. The van der Waals surface area contributed by atoms with E-state index in [0.29, 0.717) is 18.6 Å². The second-order valence-corrected chi connectivity index (χ2v) is 5.46. The summed E-state index contributed by atoms with van der Waals surface area (Å²) in [6.07, 6.45) is 0.465. The third kappa shape index (κ3) is 3.81. The van der Waals surface area contributed by atoms with Crippen molar-refractivity contribution in [1.29, 1.82) is 0 Å². The molecule has 0 radical (unpaired) electrons.